The summed E-state index contributed by atoms with van der Waals surface area (Å²) in [6.45, 7) is 4.32. The van der Waals surface area contributed by atoms with Gasteiger partial charge in [-0.15, -0.1) is 0 Å². The average Bonchev–Trinajstić information content (AvgIpc) is 2.82. The van der Waals surface area contributed by atoms with Crippen molar-refractivity contribution in [1.29, 1.82) is 0 Å². The van der Waals surface area contributed by atoms with E-state index in [1.54, 1.807) is 0 Å². The first-order valence-corrected chi connectivity index (χ1v) is 6.95. The van der Waals surface area contributed by atoms with E-state index in [2.05, 4.69) is 16.5 Å². The number of aromatic nitrogens is 2. The minimum absolute atomic E-state index is 0.0821. The number of aryl methyl sites for hydroxylation is 1. The van der Waals surface area contributed by atoms with Crippen LogP contribution in [0.15, 0.2) is 11.4 Å². The topological polar surface area (TPSA) is 55.1 Å². The van der Waals surface area contributed by atoms with Crippen molar-refractivity contribution in [2.24, 2.45) is 5.92 Å². The van der Waals surface area contributed by atoms with E-state index in [0.29, 0.717) is 6.04 Å². The molecule has 0 bridgehead atoms. The Bertz CT molecular complexity index is 417. The molecule has 5 heteroatoms. The molecule has 1 saturated carbocycles. The van der Waals surface area contributed by atoms with Gasteiger partial charge in [-0.1, -0.05) is 18.7 Å². The predicted octanol–water partition coefficient (Wildman–Crippen LogP) is 2.73. The van der Waals surface area contributed by atoms with Crippen LogP contribution in [0.25, 0.3) is 0 Å². The van der Waals surface area contributed by atoms with Gasteiger partial charge in [0, 0.05) is 17.9 Å². The second kappa shape index (κ2) is 5.12. The third-order valence-electron chi connectivity index (χ3n) is 3.30. The second-order valence-electron chi connectivity index (χ2n) is 4.81. The lowest BCUT2D eigenvalue weighted by Gasteiger charge is -2.16. The van der Waals surface area contributed by atoms with E-state index in [0.717, 1.165) is 16.8 Å². The molecule has 0 amide bonds. The summed E-state index contributed by atoms with van der Waals surface area (Å²) in [7, 11) is 0. The lowest BCUT2D eigenvalue weighted by Crippen LogP contribution is -2.09. The number of carboxylic acid groups (broad SMARTS) is 1. The monoisotopic (exact) mass is 254 g/mol. The Kier molecular flexibility index (Phi) is 3.76. The van der Waals surface area contributed by atoms with Crippen molar-refractivity contribution in [3.63, 3.8) is 0 Å². The molecular formula is C12H18N2O2S. The van der Waals surface area contributed by atoms with Crippen molar-refractivity contribution < 1.29 is 9.90 Å². The zero-order valence-corrected chi connectivity index (χ0v) is 11.0. The van der Waals surface area contributed by atoms with Crippen LogP contribution in [-0.4, -0.2) is 26.4 Å². The molecule has 1 aliphatic carbocycles. The lowest BCUT2D eigenvalue weighted by atomic mass is 10.1. The maximum absolute atomic E-state index is 10.6. The highest BCUT2D eigenvalue weighted by Gasteiger charge is 2.25. The number of hydrogen-bond donors (Lipinski definition) is 1. The summed E-state index contributed by atoms with van der Waals surface area (Å²) in [4.78, 5) is 14.9. The maximum Gasteiger partial charge on any atom is 0.313 e. The molecule has 1 fully saturated rings. The molecule has 1 aliphatic rings. The fourth-order valence-corrected chi connectivity index (χ4v) is 3.32. The molecule has 0 aromatic carbocycles. The van der Waals surface area contributed by atoms with Crippen LogP contribution in [0.5, 0.6) is 0 Å². The maximum atomic E-state index is 10.6. The van der Waals surface area contributed by atoms with E-state index in [9.17, 15) is 4.79 Å². The zero-order chi connectivity index (χ0) is 12.4. The molecule has 1 aromatic rings. The molecule has 0 saturated heterocycles. The Morgan fingerprint density at radius 1 is 1.65 bits per heavy atom. The largest absolute Gasteiger partial charge is 0.481 e. The summed E-state index contributed by atoms with van der Waals surface area (Å²) in [5.41, 5.74) is 1.14. The molecule has 4 nitrogen and oxygen atoms in total. The van der Waals surface area contributed by atoms with Gasteiger partial charge in [-0.25, -0.2) is 4.98 Å². The Labute approximate surface area is 105 Å². The number of thioether (sulfide) groups is 1. The first-order chi connectivity index (χ1) is 8.08. The molecule has 0 radical (unpaired) electrons. The summed E-state index contributed by atoms with van der Waals surface area (Å²) >= 11 is 1.32. The number of carbonyl (C=O) groups is 1. The van der Waals surface area contributed by atoms with E-state index in [4.69, 9.17) is 5.11 Å². The predicted molar refractivity (Wildman–Crippen MR) is 67.4 cm³/mol. The number of hydrogen-bond acceptors (Lipinski definition) is 3. The van der Waals surface area contributed by atoms with Crippen LogP contribution >= 0.6 is 11.8 Å². The second-order valence-corrected chi connectivity index (χ2v) is 5.75. The minimum Gasteiger partial charge on any atom is -0.481 e. The van der Waals surface area contributed by atoms with Crippen molar-refractivity contribution in [3.05, 3.63) is 11.9 Å². The van der Waals surface area contributed by atoms with E-state index in [-0.39, 0.29) is 5.75 Å². The first kappa shape index (κ1) is 12.5. The lowest BCUT2D eigenvalue weighted by molar-refractivity contribution is -0.133. The molecule has 1 aromatic heterocycles. The van der Waals surface area contributed by atoms with Gasteiger partial charge in [0.05, 0.1) is 5.75 Å². The van der Waals surface area contributed by atoms with Crippen molar-refractivity contribution in [2.75, 3.05) is 5.75 Å². The molecule has 1 heterocycles. The molecule has 17 heavy (non-hydrogen) atoms. The first-order valence-electron chi connectivity index (χ1n) is 5.96. The number of aliphatic carboxylic acids is 1. The van der Waals surface area contributed by atoms with Crippen LogP contribution < -0.4 is 0 Å². The molecule has 2 unspecified atom stereocenters. The van der Waals surface area contributed by atoms with E-state index >= 15 is 0 Å². The zero-order valence-electron chi connectivity index (χ0n) is 10.2. The molecule has 1 N–H and O–H groups in total. The van der Waals surface area contributed by atoms with Gasteiger partial charge in [0.25, 0.3) is 0 Å². The molecule has 2 rings (SSSR count). The highest BCUT2D eigenvalue weighted by atomic mass is 32.2. The van der Waals surface area contributed by atoms with E-state index < -0.39 is 5.97 Å². The molecular weight excluding hydrogens is 236 g/mol. The van der Waals surface area contributed by atoms with E-state index in [1.165, 1.54) is 31.0 Å². The molecule has 94 valence electrons. The third kappa shape index (κ3) is 2.83. The smallest absolute Gasteiger partial charge is 0.313 e. The molecule has 0 spiro atoms. The van der Waals surface area contributed by atoms with Gasteiger partial charge in [0.15, 0.2) is 5.16 Å². The summed E-state index contributed by atoms with van der Waals surface area (Å²) in [6.07, 6.45) is 5.45. The van der Waals surface area contributed by atoms with Crippen LogP contribution in [0.1, 0.15) is 37.9 Å². The highest BCUT2D eigenvalue weighted by molar-refractivity contribution is 7.99. The number of nitrogens with zero attached hydrogens (tertiary/aromatic N) is 2. The molecule has 2 atom stereocenters. The van der Waals surface area contributed by atoms with Gasteiger partial charge in [-0.05, 0) is 32.1 Å². The quantitative estimate of drug-likeness (QED) is 0.839. The SMILES string of the molecule is Cc1cnc(SCC(=O)O)n1C1CCC(C)C1. The Balaban J connectivity index is 2.14. The van der Waals surface area contributed by atoms with Gasteiger partial charge < -0.3 is 9.67 Å². The van der Waals surface area contributed by atoms with E-state index in [1.807, 2.05) is 13.1 Å². The van der Waals surface area contributed by atoms with Gasteiger partial charge in [0.2, 0.25) is 0 Å². The standard InChI is InChI=1S/C12H18N2O2S/c1-8-3-4-10(5-8)14-9(2)6-13-12(14)17-7-11(15)16/h6,8,10H,3-5,7H2,1-2H3,(H,15,16). The van der Waals surface area contributed by atoms with Crippen LogP contribution in [-0.2, 0) is 4.79 Å². The van der Waals surface area contributed by atoms with Crippen molar-refractivity contribution in [1.82, 2.24) is 9.55 Å². The highest BCUT2D eigenvalue weighted by Crippen LogP contribution is 2.37. The van der Waals surface area contributed by atoms with Gasteiger partial charge in [-0.2, -0.15) is 0 Å². The Morgan fingerprint density at radius 3 is 3.00 bits per heavy atom. The normalized spacial score (nSPS) is 24.1. The number of carboxylic acids is 1. The summed E-state index contributed by atoms with van der Waals surface area (Å²) in [6, 6.07) is 0.504. The number of rotatable bonds is 4. The Morgan fingerprint density at radius 2 is 2.41 bits per heavy atom. The van der Waals surface area contributed by atoms with Gasteiger partial charge in [0.1, 0.15) is 0 Å². The third-order valence-corrected chi connectivity index (χ3v) is 4.26. The van der Waals surface area contributed by atoms with Crippen molar-refractivity contribution >= 4 is 17.7 Å². The van der Waals surface area contributed by atoms with Crippen LogP contribution in [0.2, 0.25) is 0 Å². The Hall–Kier alpha value is -0.970. The van der Waals surface area contributed by atoms with Crippen molar-refractivity contribution in [2.45, 2.75) is 44.3 Å². The van der Waals surface area contributed by atoms with Crippen LogP contribution in [0.3, 0.4) is 0 Å². The van der Waals surface area contributed by atoms with Gasteiger partial charge in [-0.3, -0.25) is 4.79 Å². The van der Waals surface area contributed by atoms with Gasteiger partial charge >= 0.3 is 5.97 Å². The molecule has 0 aliphatic heterocycles. The van der Waals surface area contributed by atoms with Crippen LogP contribution in [0.4, 0.5) is 0 Å². The van der Waals surface area contributed by atoms with Crippen LogP contribution in [0, 0.1) is 12.8 Å². The summed E-state index contributed by atoms with van der Waals surface area (Å²) in [5.74, 6) is 0.0553. The average molecular weight is 254 g/mol. The fraction of sp³-hybridized carbons (Fsp3) is 0.667. The summed E-state index contributed by atoms with van der Waals surface area (Å²) in [5, 5.41) is 9.57. The minimum atomic E-state index is -0.790. The van der Waals surface area contributed by atoms with Crippen molar-refractivity contribution in [3.8, 4) is 0 Å². The fourth-order valence-electron chi connectivity index (χ4n) is 2.51. The summed E-state index contributed by atoms with van der Waals surface area (Å²) < 4.78 is 2.22. The number of imidazole rings is 1.